The van der Waals surface area contributed by atoms with Crippen molar-refractivity contribution in [3.63, 3.8) is 0 Å². The third-order valence-electron chi connectivity index (χ3n) is 3.59. The minimum absolute atomic E-state index is 0.182. The predicted octanol–water partition coefficient (Wildman–Crippen LogP) is 3.26. The molecule has 2 rings (SSSR count). The number of hydrogen-bond donors (Lipinski definition) is 1. The Morgan fingerprint density at radius 2 is 1.81 bits per heavy atom. The summed E-state index contributed by atoms with van der Waals surface area (Å²) in [6.07, 6.45) is 0. The van der Waals surface area contributed by atoms with E-state index in [1.807, 2.05) is 20.8 Å². The molecular formula is C15H18Cl2N2O2. The second-order valence-electron chi connectivity index (χ2n) is 6.26. The monoisotopic (exact) mass is 328 g/mol. The minimum Gasteiger partial charge on any atom is -0.342 e. The van der Waals surface area contributed by atoms with E-state index in [-0.39, 0.29) is 16.8 Å². The zero-order valence-electron chi connectivity index (χ0n) is 12.4. The number of nitrogens with one attached hydrogen (secondary N) is 1. The maximum atomic E-state index is 12.8. The largest absolute Gasteiger partial charge is 0.342 e. The normalized spacial score (nSPS) is 23.2. The Morgan fingerprint density at radius 3 is 2.38 bits per heavy atom. The average molecular weight is 329 g/mol. The van der Waals surface area contributed by atoms with E-state index in [1.165, 1.54) is 4.90 Å². The van der Waals surface area contributed by atoms with Crippen LogP contribution in [0.4, 0.5) is 5.69 Å². The van der Waals surface area contributed by atoms with Crippen molar-refractivity contribution >= 4 is 40.7 Å². The first kappa shape index (κ1) is 16.1. The molecule has 1 aromatic carbocycles. The summed E-state index contributed by atoms with van der Waals surface area (Å²) in [5, 5.41) is 3.42. The van der Waals surface area contributed by atoms with E-state index in [4.69, 9.17) is 23.2 Å². The number of halogens is 2. The molecule has 1 fully saturated rings. The summed E-state index contributed by atoms with van der Waals surface area (Å²) in [6.45, 7) is 7.39. The van der Waals surface area contributed by atoms with Gasteiger partial charge in [0.05, 0.1) is 15.7 Å². The van der Waals surface area contributed by atoms with Gasteiger partial charge in [-0.05, 0) is 24.5 Å². The highest BCUT2D eigenvalue weighted by atomic mass is 35.5. The van der Waals surface area contributed by atoms with Crippen molar-refractivity contribution in [2.75, 3.05) is 4.90 Å². The molecule has 1 heterocycles. The summed E-state index contributed by atoms with van der Waals surface area (Å²) >= 11 is 12.2. The third kappa shape index (κ3) is 2.87. The lowest BCUT2D eigenvalue weighted by atomic mass is 9.84. The summed E-state index contributed by atoms with van der Waals surface area (Å²) in [5.74, 6) is -0.385. The molecule has 2 unspecified atom stereocenters. The summed E-state index contributed by atoms with van der Waals surface area (Å²) in [5.41, 5.74) is 0.0710. The summed E-state index contributed by atoms with van der Waals surface area (Å²) < 4.78 is 0. The van der Waals surface area contributed by atoms with Crippen LogP contribution in [0.15, 0.2) is 18.2 Å². The summed E-state index contributed by atoms with van der Waals surface area (Å²) in [7, 11) is 0. The quantitative estimate of drug-likeness (QED) is 0.860. The molecule has 1 N–H and O–H groups in total. The first-order valence-electron chi connectivity index (χ1n) is 6.72. The maximum absolute atomic E-state index is 12.8. The van der Waals surface area contributed by atoms with E-state index in [1.54, 1.807) is 25.1 Å². The van der Waals surface area contributed by atoms with Crippen molar-refractivity contribution in [2.45, 2.75) is 39.8 Å². The number of anilines is 1. The van der Waals surface area contributed by atoms with Crippen molar-refractivity contribution in [1.29, 1.82) is 0 Å². The Kier molecular flexibility index (Phi) is 4.22. The number of carbonyl (C=O) groups is 2. The number of benzene rings is 1. The molecule has 2 amide bonds. The van der Waals surface area contributed by atoms with Crippen LogP contribution >= 0.6 is 23.2 Å². The fourth-order valence-electron chi connectivity index (χ4n) is 2.36. The van der Waals surface area contributed by atoms with E-state index in [0.29, 0.717) is 10.7 Å². The molecule has 0 spiro atoms. The first-order chi connectivity index (χ1) is 9.64. The van der Waals surface area contributed by atoms with Crippen LogP contribution in [0.25, 0.3) is 0 Å². The minimum atomic E-state index is -0.632. The van der Waals surface area contributed by atoms with Gasteiger partial charge in [0.15, 0.2) is 0 Å². The van der Waals surface area contributed by atoms with Gasteiger partial charge in [-0.1, -0.05) is 50.0 Å². The fraction of sp³-hybridized carbons (Fsp3) is 0.467. The van der Waals surface area contributed by atoms with Crippen LogP contribution in [0.5, 0.6) is 0 Å². The van der Waals surface area contributed by atoms with E-state index in [9.17, 15) is 9.59 Å². The molecule has 1 aliphatic heterocycles. The summed E-state index contributed by atoms with van der Waals surface area (Å²) in [6, 6.07) is 3.82. The van der Waals surface area contributed by atoms with E-state index in [0.717, 1.165) is 0 Å². The Balaban J connectivity index is 2.51. The molecule has 0 aliphatic carbocycles. The highest BCUT2D eigenvalue weighted by molar-refractivity contribution is 6.44. The van der Waals surface area contributed by atoms with E-state index in [2.05, 4.69) is 5.32 Å². The van der Waals surface area contributed by atoms with Gasteiger partial charge < -0.3 is 5.32 Å². The lowest BCUT2D eigenvalue weighted by Gasteiger charge is -2.42. The van der Waals surface area contributed by atoms with Gasteiger partial charge in [0.25, 0.3) is 5.91 Å². The predicted molar refractivity (Wildman–Crippen MR) is 84.8 cm³/mol. The molecule has 6 heteroatoms. The summed E-state index contributed by atoms with van der Waals surface area (Å²) in [4.78, 5) is 26.4. The van der Waals surface area contributed by atoms with Gasteiger partial charge in [0, 0.05) is 0 Å². The lowest BCUT2D eigenvalue weighted by Crippen LogP contribution is -2.66. The number of hydrogen-bond acceptors (Lipinski definition) is 2. The second-order valence-corrected chi connectivity index (χ2v) is 7.05. The van der Waals surface area contributed by atoms with E-state index < -0.39 is 17.5 Å². The van der Waals surface area contributed by atoms with Crippen molar-refractivity contribution in [3.05, 3.63) is 28.2 Å². The average Bonchev–Trinajstić information content (AvgIpc) is 2.37. The second kappa shape index (κ2) is 5.50. The molecule has 1 saturated heterocycles. The van der Waals surface area contributed by atoms with E-state index >= 15 is 0 Å². The van der Waals surface area contributed by atoms with Gasteiger partial charge >= 0.3 is 0 Å². The lowest BCUT2D eigenvalue weighted by molar-refractivity contribution is -0.136. The van der Waals surface area contributed by atoms with Gasteiger partial charge in [-0.3, -0.25) is 14.5 Å². The molecule has 0 bridgehead atoms. The van der Waals surface area contributed by atoms with Crippen molar-refractivity contribution in [2.24, 2.45) is 5.41 Å². The van der Waals surface area contributed by atoms with Crippen LogP contribution in [-0.2, 0) is 9.59 Å². The Labute approximate surface area is 134 Å². The fourth-order valence-corrected chi connectivity index (χ4v) is 2.75. The molecule has 2 atom stereocenters. The molecular weight excluding hydrogens is 311 g/mol. The number of nitrogens with zero attached hydrogens (tertiary/aromatic N) is 1. The van der Waals surface area contributed by atoms with Gasteiger partial charge in [0.1, 0.15) is 12.1 Å². The Hall–Kier alpha value is -1.26. The van der Waals surface area contributed by atoms with Crippen LogP contribution in [0.1, 0.15) is 27.7 Å². The topological polar surface area (TPSA) is 49.4 Å². The Morgan fingerprint density at radius 1 is 1.19 bits per heavy atom. The molecule has 1 aliphatic rings. The highest BCUT2D eigenvalue weighted by Gasteiger charge is 2.44. The molecule has 0 radical (unpaired) electrons. The van der Waals surface area contributed by atoms with Gasteiger partial charge in [-0.25, -0.2) is 0 Å². The third-order valence-corrected chi connectivity index (χ3v) is 4.40. The van der Waals surface area contributed by atoms with Crippen LogP contribution in [0.3, 0.4) is 0 Å². The maximum Gasteiger partial charge on any atom is 0.250 e. The van der Waals surface area contributed by atoms with Crippen molar-refractivity contribution in [1.82, 2.24) is 5.32 Å². The molecule has 0 saturated carbocycles. The first-order valence-corrected chi connectivity index (χ1v) is 7.47. The number of amides is 2. The van der Waals surface area contributed by atoms with Gasteiger partial charge in [0.2, 0.25) is 5.91 Å². The Bertz CT molecular complexity index is 596. The van der Waals surface area contributed by atoms with Crippen LogP contribution in [-0.4, -0.2) is 23.9 Å². The smallest absolute Gasteiger partial charge is 0.250 e. The SMILES string of the molecule is CC1C(=O)NC(C(C)(C)C)C(=O)N1c1cccc(Cl)c1Cl. The molecule has 114 valence electrons. The zero-order chi connectivity index (χ0) is 15.9. The molecule has 21 heavy (non-hydrogen) atoms. The number of carbonyl (C=O) groups excluding carboxylic acids is 2. The number of rotatable bonds is 1. The van der Waals surface area contributed by atoms with Crippen molar-refractivity contribution in [3.8, 4) is 0 Å². The highest BCUT2D eigenvalue weighted by Crippen LogP contribution is 2.36. The molecule has 1 aromatic rings. The molecule has 4 nitrogen and oxygen atoms in total. The number of piperazine rings is 1. The zero-order valence-corrected chi connectivity index (χ0v) is 13.9. The van der Waals surface area contributed by atoms with Crippen LogP contribution in [0.2, 0.25) is 10.0 Å². The van der Waals surface area contributed by atoms with Gasteiger partial charge in [-0.2, -0.15) is 0 Å². The van der Waals surface area contributed by atoms with Crippen LogP contribution < -0.4 is 10.2 Å². The van der Waals surface area contributed by atoms with Crippen molar-refractivity contribution < 1.29 is 9.59 Å². The molecule has 0 aromatic heterocycles. The standard InChI is InChI=1S/C15H18Cl2N2O2/c1-8-13(20)18-12(15(2,3)4)14(21)19(8)10-7-5-6-9(16)11(10)17/h5-8,12H,1-4H3,(H,18,20). The van der Waals surface area contributed by atoms with Crippen LogP contribution in [0, 0.1) is 5.41 Å². The van der Waals surface area contributed by atoms with Gasteiger partial charge in [-0.15, -0.1) is 0 Å².